The molecule has 0 bridgehead atoms. The zero-order valence-corrected chi connectivity index (χ0v) is 16.1. The van der Waals surface area contributed by atoms with Crippen molar-refractivity contribution in [3.05, 3.63) is 52.3 Å². The van der Waals surface area contributed by atoms with Crippen LogP contribution < -0.4 is 0 Å². The minimum atomic E-state index is 0.0403. The lowest BCUT2D eigenvalue weighted by Crippen LogP contribution is -2.35. The van der Waals surface area contributed by atoms with Crippen molar-refractivity contribution in [2.45, 2.75) is 19.6 Å². The van der Waals surface area contributed by atoms with Crippen LogP contribution in [-0.2, 0) is 24.9 Å². The fraction of sp³-hybridized carbons (Fsp3) is 0.474. The quantitative estimate of drug-likeness (QED) is 0.804. The van der Waals surface area contributed by atoms with E-state index in [1.165, 1.54) is 5.56 Å². The van der Waals surface area contributed by atoms with Crippen molar-refractivity contribution in [1.29, 1.82) is 0 Å². The molecular formula is C19H25ClN4O2. The molecule has 2 aromatic rings. The second-order valence-corrected chi connectivity index (χ2v) is 7.08. The van der Waals surface area contributed by atoms with Gasteiger partial charge in [0, 0.05) is 58.1 Å². The van der Waals surface area contributed by atoms with Gasteiger partial charge in [0.2, 0.25) is 0 Å². The van der Waals surface area contributed by atoms with Crippen molar-refractivity contribution < 1.29 is 9.53 Å². The van der Waals surface area contributed by atoms with Crippen LogP contribution in [0.25, 0.3) is 0 Å². The maximum atomic E-state index is 12.9. The Kier molecular flexibility index (Phi) is 6.29. The Morgan fingerprint density at radius 2 is 1.96 bits per heavy atom. The molecule has 1 aromatic heterocycles. The Morgan fingerprint density at radius 3 is 2.69 bits per heavy atom. The number of carbonyl (C=O) groups is 1. The van der Waals surface area contributed by atoms with Crippen molar-refractivity contribution in [1.82, 2.24) is 19.6 Å². The van der Waals surface area contributed by atoms with Crippen molar-refractivity contribution >= 4 is 17.5 Å². The van der Waals surface area contributed by atoms with Crippen LogP contribution in [0.5, 0.6) is 0 Å². The van der Waals surface area contributed by atoms with E-state index in [-0.39, 0.29) is 5.91 Å². The number of amides is 1. The van der Waals surface area contributed by atoms with Crippen LogP contribution in [0.1, 0.15) is 28.0 Å². The number of nitrogens with zero attached hydrogens (tertiary/aromatic N) is 4. The van der Waals surface area contributed by atoms with Gasteiger partial charge in [-0.2, -0.15) is 5.10 Å². The third-order valence-electron chi connectivity index (χ3n) is 4.61. The first-order chi connectivity index (χ1) is 12.6. The summed E-state index contributed by atoms with van der Waals surface area (Å²) in [5, 5.41) is 5.09. The van der Waals surface area contributed by atoms with Gasteiger partial charge in [-0.1, -0.05) is 23.7 Å². The number of rotatable bonds is 5. The number of hydrogen-bond donors (Lipinski definition) is 0. The number of methoxy groups -OCH3 is 1. The van der Waals surface area contributed by atoms with Gasteiger partial charge in [-0.25, -0.2) is 0 Å². The Labute approximate surface area is 159 Å². The third-order valence-corrected chi connectivity index (χ3v) is 4.86. The van der Waals surface area contributed by atoms with Gasteiger partial charge in [-0.15, -0.1) is 0 Å². The highest BCUT2D eigenvalue weighted by Gasteiger charge is 2.24. The molecule has 0 N–H and O–H groups in total. The van der Waals surface area contributed by atoms with Crippen molar-refractivity contribution in [3.8, 4) is 0 Å². The van der Waals surface area contributed by atoms with E-state index in [2.05, 4.69) is 22.1 Å². The minimum Gasteiger partial charge on any atom is -0.378 e. The van der Waals surface area contributed by atoms with E-state index in [0.717, 1.165) is 37.6 Å². The molecule has 7 heteroatoms. The van der Waals surface area contributed by atoms with Crippen molar-refractivity contribution in [3.63, 3.8) is 0 Å². The lowest BCUT2D eigenvalue weighted by Gasteiger charge is -2.22. The smallest absolute Gasteiger partial charge is 0.257 e. The summed E-state index contributed by atoms with van der Waals surface area (Å²) in [5.41, 5.74) is 2.58. The fourth-order valence-electron chi connectivity index (χ4n) is 3.31. The minimum absolute atomic E-state index is 0.0403. The largest absolute Gasteiger partial charge is 0.378 e. The Morgan fingerprint density at radius 1 is 1.19 bits per heavy atom. The van der Waals surface area contributed by atoms with Crippen LogP contribution in [0, 0.1) is 0 Å². The summed E-state index contributed by atoms with van der Waals surface area (Å²) in [6.45, 7) is 4.53. The van der Waals surface area contributed by atoms with Gasteiger partial charge >= 0.3 is 0 Å². The molecule has 1 amide bonds. The third kappa shape index (κ3) is 4.63. The maximum Gasteiger partial charge on any atom is 0.257 e. The molecule has 2 heterocycles. The molecular weight excluding hydrogens is 352 g/mol. The average molecular weight is 377 g/mol. The molecule has 1 aromatic carbocycles. The Hall–Kier alpha value is -1.89. The second-order valence-electron chi connectivity index (χ2n) is 6.64. The van der Waals surface area contributed by atoms with Gasteiger partial charge in [-0.05, 0) is 24.1 Å². The summed E-state index contributed by atoms with van der Waals surface area (Å²) in [4.78, 5) is 17.3. The number of hydrogen-bond acceptors (Lipinski definition) is 4. The van der Waals surface area contributed by atoms with Crippen LogP contribution in [-0.4, -0.2) is 58.8 Å². The van der Waals surface area contributed by atoms with Crippen molar-refractivity contribution in [2.75, 3.05) is 33.3 Å². The maximum absolute atomic E-state index is 12.9. The van der Waals surface area contributed by atoms with Gasteiger partial charge in [0.1, 0.15) is 5.69 Å². The first-order valence-corrected chi connectivity index (χ1v) is 9.22. The number of aryl methyl sites for hydroxylation is 1. The standard InChI is InChI=1S/C19H25ClN4O2/c1-22-13-17(18(21-22)14-26-2)19(25)24-9-3-8-23(10-11-24)12-15-4-6-16(20)7-5-15/h4-7,13H,3,8-12,14H2,1-2H3. The molecule has 0 saturated carbocycles. The van der Waals surface area contributed by atoms with E-state index in [1.807, 2.05) is 24.1 Å². The number of carbonyl (C=O) groups excluding carboxylic acids is 1. The molecule has 0 radical (unpaired) electrons. The molecule has 6 nitrogen and oxygen atoms in total. The van der Waals surface area contributed by atoms with E-state index >= 15 is 0 Å². The first kappa shape index (κ1) is 18.9. The van der Waals surface area contributed by atoms with E-state index in [0.29, 0.717) is 24.4 Å². The summed E-state index contributed by atoms with van der Waals surface area (Å²) < 4.78 is 6.84. The van der Waals surface area contributed by atoms with Crippen LogP contribution in [0.2, 0.25) is 5.02 Å². The highest BCUT2D eigenvalue weighted by Crippen LogP contribution is 2.16. The van der Waals surface area contributed by atoms with Crippen LogP contribution in [0.3, 0.4) is 0 Å². The molecule has 0 unspecified atom stereocenters. The fourth-order valence-corrected chi connectivity index (χ4v) is 3.43. The Balaban J connectivity index is 1.63. The van der Waals surface area contributed by atoms with Crippen LogP contribution in [0.4, 0.5) is 0 Å². The molecule has 26 heavy (non-hydrogen) atoms. The zero-order chi connectivity index (χ0) is 18.5. The van der Waals surface area contributed by atoms with Gasteiger partial charge in [0.05, 0.1) is 12.2 Å². The molecule has 140 valence electrons. The van der Waals surface area contributed by atoms with Gasteiger partial charge in [0.15, 0.2) is 0 Å². The number of aromatic nitrogens is 2. The summed E-state index contributed by atoms with van der Waals surface area (Å²) in [6.07, 6.45) is 2.74. The molecule has 0 aliphatic carbocycles. The molecule has 0 spiro atoms. The predicted molar refractivity (Wildman–Crippen MR) is 101 cm³/mol. The monoisotopic (exact) mass is 376 g/mol. The van der Waals surface area contributed by atoms with E-state index in [4.69, 9.17) is 16.3 Å². The van der Waals surface area contributed by atoms with E-state index < -0.39 is 0 Å². The number of halogens is 1. The average Bonchev–Trinajstić information content (AvgIpc) is 2.84. The molecule has 0 atom stereocenters. The highest BCUT2D eigenvalue weighted by molar-refractivity contribution is 6.30. The second kappa shape index (κ2) is 8.66. The normalized spacial score (nSPS) is 15.9. The summed E-state index contributed by atoms with van der Waals surface area (Å²) in [5.74, 6) is 0.0403. The lowest BCUT2D eigenvalue weighted by molar-refractivity contribution is 0.0756. The van der Waals surface area contributed by atoms with Gasteiger partial charge < -0.3 is 9.64 Å². The highest BCUT2D eigenvalue weighted by atomic mass is 35.5. The number of benzene rings is 1. The topological polar surface area (TPSA) is 50.6 Å². The van der Waals surface area contributed by atoms with E-state index in [9.17, 15) is 4.79 Å². The van der Waals surface area contributed by atoms with Gasteiger partial charge in [-0.3, -0.25) is 14.4 Å². The molecule has 1 aliphatic heterocycles. The molecule has 1 saturated heterocycles. The van der Waals surface area contributed by atoms with Crippen LogP contribution >= 0.6 is 11.6 Å². The molecule has 3 rings (SSSR count). The summed E-state index contributed by atoms with van der Waals surface area (Å²) in [6, 6.07) is 7.96. The van der Waals surface area contributed by atoms with E-state index in [1.54, 1.807) is 18.0 Å². The van der Waals surface area contributed by atoms with Crippen LogP contribution in [0.15, 0.2) is 30.5 Å². The lowest BCUT2D eigenvalue weighted by atomic mass is 10.2. The first-order valence-electron chi connectivity index (χ1n) is 8.84. The SMILES string of the molecule is COCc1nn(C)cc1C(=O)N1CCCN(Cc2ccc(Cl)cc2)CC1. The summed E-state index contributed by atoms with van der Waals surface area (Å²) in [7, 11) is 3.44. The number of ether oxygens (including phenoxy) is 1. The molecule has 1 aliphatic rings. The molecule has 1 fully saturated rings. The zero-order valence-electron chi connectivity index (χ0n) is 15.3. The summed E-state index contributed by atoms with van der Waals surface area (Å²) >= 11 is 5.96. The Bertz CT molecular complexity index is 744. The van der Waals surface area contributed by atoms with Crippen molar-refractivity contribution in [2.24, 2.45) is 7.05 Å². The predicted octanol–water partition coefficient (Wildman–Crippen LogP) is 2.57. The van der Waals surface area contributed by atoms with Gasteiger partial charge in [0.25, 0.3) is 5.91 Å².